The summed E-state index contributed by atoms with van der Waals surface area (Å²) in [6.45, 7) is 7.46. The van der Waals surface area contributed by atoms with Crippen LogP contribution in [0.3, 0.4) is 0 Å². The van der Waals surface area contributed by atoms with E-state index in [2.05, 4.69) is 78.5 Å². The van der Waals surface area contributed by atoms with Gasteiger partial charge in [0.15, 0.2) is 5.13 Å². The molecule has 2 heterocycles. The zero-order valence-electron chi connectivity index (χ0n) is 17.5. The molecule has 1 atom stereocenters. The molecular weight excluding hydrogens is 410 g/mol. The Balaban J connectivity index is 1.48. The van der Waals surface area contributed by atoms with Crippen LogP contribution >= 0.6 is 22.9 Å². The summed E-state index contributed by atoms with van der Waals surface area (Å²) >= 11 is 7.66. The van der Waals surface area contributed by atoms with Crippen LogP contribution in [-0.4, -0.2) is 9.55 Å². The molecule has 4 aromatic rings. The Labute approximate surface area is 187 Å². The summed E-state index contributed by atoms with van der Waals surface area (Å²) in [4.78, 5) is 4.87. The van der Waals surface area contributed by atoms with Gasteiger partial charge in [0.25, 0.3) is 0 Å². The Morgan fingerprint density at radius 3 is 2.53 bits per heavy atom. The second kappa shape index (κ2) is 9.07. The Bertz CT molecular complexity index is 1110. The molecule has 0 radical (unpaired) electrons. The maximum absolute atomic E-state index is 6.00. The van der Waals surface area contributed by atoms with Crippen LogP contribution in [0.4, 0.5) is 5.13 Å². The minimum absolute atomic E-state index is 0.219. The number of nitrogens with zero attached hydrogens (tertiary/aromatic N) is 2. The van der Waals surface area contributed by atoms with E-state index in [1.807, 2.05) is 18.2 Å². The second-order valence-corrected chi connectivity index (χ2v) is 8.92. The van der Waals surface area contributed by atoms with Crippen molar-refractivity contribution in [3.8, 4) is 11.3 Å². The largest absolute Gasteiger partial charge is 0.355 e. The van der Waals surface area contributed by atoms with Gasteiger partial charge in [0, 0.05) is 33.9 Å². The molecule has 0 amide bonds. The van der Waals surface area contributed by atoms with Crippen molar-refractivity contribution >= 4 is 28.1 Å². The summed E-state index contributed by atoms with van der Waals surface area (Å²) in [5, 5.41) is 7.41. The lowest BCUT2D eigenvalue weighted by Gasteiger charge is -2.12. The van der Waals surface area contributed by atoms with Crippen LogP contribution < -0.4 is 5.32 Å². The lowest BCUT2D eigenvalue weighted by atomic mass is 10.1. The van der Waals surface area contributed by atoms with Gasteiger partial charge >= 0.3 is 0 Å². The zero-order chi connectivity index (χ0) is 21.1. The lowest BCUT2D eigenvalue weighted by Crippen LogP contribution is -2.06. The molecule has 2 aromatic carbocycles. The van der Waals surface area contributed by atoms with Crippen molar-refractivity contribution < 1.29 is 0 Å². The number of hydrogen-bond donors (Lipinski definition) is 1. The molecule has 30 heavy (non-hydrogen) atoms. The molecule has 0 bridgehead atoms. The Hall–Kier alpha value is -2.56. The van der Waals surface area contributed by atoms with Crippen LogP contribution in [0, 0.1) is 13.8 Å². The van der Waals surface area contributed by atoms with Crippen LogP contribution in [-0.2, 0) is 13.0 Å². The van der Waals surface area contributed by atoms with Crippen LogP contribution in [0.1, 0.15) is 35.5 Å². The van der Waals surface area contributed by atoms with Crippen LogP contribution in [0.15, 0.2) is 66.0 Å². The van der Waals surface area contributed by atoms with Crippen molar-refractivity contribution in [2.24, 2.45) is 0 Å². The van der Waals surface area contributed by atoms with Crippen molar-refractivity contribution in [1.29, 1.82) is 0 Å². The van der Waals surface area contributed by atoms with E-state index in [-0.39, 0.29) is 6.04 Å². The van der Waals surface area contributed by atoms with Gasteiger partial charge in [-0.05, 0) is 56.5 Å². The van der Waals surface area contributed by atoms with E-state index in [0.29, 0.717) is 0 Å². The minimum atomic E-state index is 0.219. The summed E-state index contributed by atoms with van der Waals surface area (Å²) in [6.07, 6.45) is 0.978. The molecule has 0 spiro atoms. The zero-order valence-corrected chi connectivity index (χ0v) is 19.1. The molecular formula is C25H26ClN3S. The molecule has 1 N–H and O–H groups in total. The molecule has 2 aromatic heterocycles. The highest BCUT2D eigenvalue weighted by Gasteiger charge is 2.15. The monoisotopic (exact) mass is 435 g/mol. The smallest absolute Gasteiger partial charge is 0.183 e. The molecule has 0 unspecified atom stereocenters. The predicted molar refractivity (Wildman–Crippen MR) is 129 cm³/mol. The van der Waals surface area contributed by atoms with Crippen molar-refractivity contribution in [3.05, 3.63) is 93.6 Å². The van der Waals surface area contributed by atoms with E-state index in [1.54, 1.807) is 11.3 Å². The van der Waals surface area contributed by atoms with Gasteiger partial charge in [-0.25, -0.2) is 4.98 Å². The summed E-state index contributed by atoms with van der Waals surface area (Å²) in [5.74, 6) is 0. The average Bonchev–Trinajstić information content (AvgIpc) is 3.32. The van der Waals surface area contributed by atoms with E-state index < -0.39 is 0 Å². The second-order valence-electron chi connectivity index (χ2n) is 7.63. The highest BCUT2D eigenvalue weighted by atomic mass is 35.5. The first-order valence-corrected chi connectivity index (χ1v) is 11.5. The quantitative estimate of drug-likeness (QED) is 0.330. The highest BCUT2D eigenvalue weighted by molar-refractivity contribution is 7.14. The Morgan fingerprint density at radius 2 is 1.80 bits per heavy atom. The number of benzene rings is 2. The normalized spacial score (nSPS) is 12.1. The van der Waals surface area contributed by atoms with Gasteiger partial charge in [-0.2, -0.15) is 0 Å². The number of thiazole rings is 1. The maximum atomic E-state index is 6.00. The van der Waals surface area contributed by atoms with Gasteiger partial charge in [-0.3, -0.25) is 0 Å². The third-order valence-corrected chi connectivity index (χ3v) is 6.56. The molecule has 0 aliphatic rings. The van der Waals surface area contributed by atoms with Crippen LogP contribution in [0.25, 0.3) is 11.3 Å². The number of anilines is 1. The number of hydrogen-bond acceptors (Lipinski definition) is 3. The van der Waals surface area contributed by atoms with Gasteiger partial charge < -0.3 is 9.88 Å². The molecule has 4 rings (SSSR count). The first-order valence-electron chi connectivity index (χ1n) is 10.2. The van der Waals surface area contributed by atoms with Gasteiger partial charge in [0.2, 0.25) is 0 Å². The average molecular weight is 436 g/mol. The van der Waals surface area contributed by atoms with Gasteiger partial charge in [0.05, 0.1) is 11.7 Å². The van der Waals surface area contributed by atoms with E-state index in [1.165, 1.54) is 28.1 Å². The lowest BCUT2D eigenvalue weighted by molar-refractivity contribution is 0.664. The number of rotatable bonds is 7. The van der Waals surface area contributed by atoms with Crippen molar-refractivity contribution in [2.75, 3.05) is 5.32 Å². The first kappa shape index (κ1) is 20.7. The third-order valence-electron chi connectivity index (χ3n) is 5.53. The van der Waals surface area contributed by atoms with E-state index in [9.17, 15) is 0 Å². The Morgan fingerprint density at radius 1 is 1.07 bits per heavy atom. The van der Waals surface area contributed by atoms with E-state index in [0.717, 1.165) is 28.8 Å². The molecule has 154 valence electrons. The minimum Gasteiger partial charge on any atom is -0.355 e. The van der Waals surface area contributed by atoms with Crippen molar-refractivity contribution in [2.45, 2.75) is 39.8 Å². The van der Waals surface area contributed by atoms with Gasteiger partial charge in [-0.1, -0.05) is 54.1 Å². The molecule has 3 nitrogen and oxygen atoms in total. The van der Waals surface area contributed by atoms with Crippen LogP contribution in [0.5, 0.6) is 0 Å². The SMILES string of the molecule is Cc1cc(-c2csc(N[C@H](C)c3ccccc3)n2)c(C)n1CCc1ccc(Cl)cc1. The fraction of sp³-hybridized carbons (Fsp3) is 0.240. The van der Waals surface area contributed by atoms with E-state index in [4.69, 9.17) is 16.6 Å². The van der Waals surface area contributed by atoms with Crippen LogP contribution in [0.2, 0.25) is 5.02 Å². The third kappa shape index (κ3) is 4.61. The van der Waals surface area contributed by atoms with Gasteiger partial charge in [-0.15, -0.1) is 11.3 Å². The summed E-state index contributed by atoms with van der Waals surface area (Å²) in [5.41, 5.74) is 7.32. The molecule has 5 heteroatoms. The molecule has 0 aliphatic carbocycles. The maximum Gasteiger partial charge on any atom is 0.183 e. The fourth-order valence-electron chi connectivity index (χ4n) is 3.77. The highest BCUT2D eigenvalue weighted by Crippen LogP contribution is 2.31. The number of aryl methyl sites for hydroxylation is 2. The number of aromatic nitrogens is 2. The molecule has 0 aliphatic heterocycles. The Kier molecular flexibility index (Phi) is 6.26. The van der Waals surface area contributed by atoms with Crippen molar-refractivity contribution in [3.63, 3.8) is 0 Å². The fourth-order valence-corrected chi connectivity index (χ4v) is 4.70. The molecule has 0 saturated heterocycles. The molecule has 0 fully saturated rings. The van der Waals surface area contributed by atoms with Crippen molar-refractivity contribution in [1.82, 2.24) is 9.55 Å². The number of nitrogens with one attached hydrogen (secondary N) is 1. The predicted octanol–water partition coefficient (Wildman–Crippen LogP) is 7.30. The first-order chi connectivity index (χ1) is 14.5. The van der Waals surface area contributed by atoms with E-state index >= 15 is 0 Å². The summed E-state index contributed by atoms with van der Waals surface area (Å²) in [7, 11) is 0. The summed E-state index contributed by atoms with van der Waals surface area (Å²) in [6, 6.07) is 21.0. The standard InChI is InChI=1S/C25H26ClN3S/c1-17-15-23(19(3)29(17)14-13-20-9-11-22(26)12-10-20)24-16-30-25(28-24)27-18(2)21-7-5-4-6-8-21/h4-12,15-16,18H,13-14H2,1-3H3,(H,27,28)/t18-/m1/s1. The number of halogens is 1. The summed E-state index contributed by atoms with van der Waals surface area (Å²) < 4.78 is 2.38. The molecule has 0 saturated carbocycles. The van der Waals surface area contributed by atoms with Gasteiger partial charge in [0.1, 0.15) is 0 Å². The topological polar surface area (TPSA) is 29.9 Å².